The first kappa shape index (κ1) is 20.0. The van der Waals surface area contributed by atoms with Crippen molar-refractivity contribution in [3.63, 3.8) is 0 Å². The summed E-state index contributed by atoms with van der Waals surface area (Å²) >= 11 is 0. The molecule has 0 N–H and O–H groups in total. The zero-order chi connectivity index (χ0) is 20.1. The maximum atomic E-state index is 12.3. The second-order valence-electron chi connectivity index (χ2n) is 7.89. The molecule has 2 heterocycles. The summed E-state index contributed by atoms with van der Waals surface area (Å²) in [5, 5.41) is 0. The summed E-state index contributed by atoms with van der Waals surface area (Å²) < 4.78 is 16.9. The molecule has 1 amide bonds. The molecule has 1 fully saturated rings. The second-order valence-corrected chi connectivity index (χ2v) is 7.89. The molecule has 1 aromatic heterocycles. The molecule has 0 bridgehead atoms. The van der Waals surface area contributed by atoms with Crippen molar-refractivity contribution in [2.75, 3.05) is 20.2 Å². The standard InChI is InChI=1S/C22H28N2O4/c1-22(2,3)28-21(25)24-14-11-16(12-15-24)17-8-7-13-23-20(17)27-19-10-6-5-9-18(19)26-4/h5-10,13,16H,11-12,14-15H2,1-4H3. The van der Waals surface area contributed by atoms with Gasteiger partial charge in [-0.05, 0) is 57.7 Å². The Balaban J connectivity index is 1.70. The van der Waals surface area contributed by atoms with Crippen molar-refractivity contribution >= 4 is 6.09 Å². The maximum absolute atomic E-state index is 12.3. The molecule has 1 saturated heterocycles. The number of hydrogen-bond donors (Lipinski definition) is 0. The SMILES string of the molecule is COc1ccccc1Oc1ncccc1C1CCN(C(=O)OC(C)(C)C)CC1. The number of ether oxygens (including phenoxy) is 3. The van der Waals surface area contributed by atoms with E-state index in [0.29, 0.717) is 30.5 Å². The van der Waals surface area contributed by atoms with Crippen LogP contribution in [0.25, 0.3) is 0 Å². The van der Waals surface area contributed by atoms with Gasteiger partial charge in [0.25, 0.3) is 0 Å². The van der Waals surface area contributed by atoms with Crippen LogP contribution < -0.4 is 9.47 Å². The van der Waals surface area contributed by atoms with E-state index in [1.54, 1.807) is 18.2 Å². The van der Waals surface area contributed by atoms with Crippen molar-refractivity contribution < 1.29 is 19.0 Å². The minimum Gasteiger partial charge on any atom is -0.493 e. The van der Waals surface area contributed by atoms with E-state index in [9.17, 15) is 4.79 Å². The van der Waals surface area contributed by atoms with E-state index in [1.165, 1.54) is 0 Å². The summed E-state index contributed by atoms with van der Waals surface area (Å²) in [4.78, 5) is 18.5. The molecule has 6 heteroatoms. The van der Waals surface area contributed by atoms with Crippen LogP contribution in [0.2, 0.25) is 0 Å². The average Bonchev–Trinajstić information content (AvgIpc) is 2.68. The molecule has 3 rings (SSSR count). The van der Waals surface area contributed by atoms with Crippen LogP contribution in [-0.2, 0) is 4.74 Å². The van der Waals surface area contributed by atoms with Crippen molar-refractivity contribution in [2.24, 2.45) is 0 Å². The number of likely N-dealkylation sites (tertiary alicyclic amines) is 1. The highest BCUT2D eigenvalue weighted by atomic mass is 16.6. The Morgan fingerprint density at radius 3 is 2.39 bits per heavy atom. The Labute approximate surface area is 166 Å². The highest BCUT2D eigenvalue weighted by Crippen LogP contribution is 2.37. The number of nitrogens with zero attached hydrogens (tertiary/aromatic N) is 2. The molecule has 0 atom stereocenters. The molecule has 1 aliphatic heterocycles. The van der Waals surface area contributed by atoms with Gasteiger partial charge >= 0.3 is 6.09 Å². The molecule has 0 saturated carbocycles. The van der Waals surface area contributed by atoms with Gasteiger partial charge in [0, 0.05) is 24.8 Å². The molecule has 0 spiro atoms. The molecule has 6 nitrogen and oxygen atoms in total. The van der Waals surface area contributed by atoms with Gasteiger partial charge in [0.15, 0.2) is 11.5 Å². The lowest BCUT2D eigenvalue weighted by molar-refractivity contribution is 0.0204. The van der Waals surface area contributed by atoms with Crippen LogP contribution in [0.15, 0.2) is 42.6 Å². The molecule has 0 radical (unpaired) electrons. The van der Waals surface area contributed by atoms with Crippen LogP contribution in [0, 0.1) is 0 Å². The van der Waals surface area contributed by atoms with E-state index in [1.807, 2.05) is 57.2 Å². The first-order valence-electron chi connectivity index (χ1n) is 9.61. The van der Waals surface area contributed by atoms with E-state index in [4.69, 9.17) is 14.2 Å². The minimum absolute atomic E-state index is 0.248. The third-order valence-electron chi connectivity index (χ3n) is 4.66. The quantitative estimate of drug-likeness (QED) is 0.743. The number of piperidine rings is 1. The zero-order valence-electron chi connectivity index (χ0n) is 17.0. The minimum atomic E-state index is -0.479. The number of pyridine rings is 1. The van der Waals surface area contributed by atoms with Crippen LogP contribution in [-0.4, -0.2) is 41.8 Å². The highest BCUT2D eigenvalue weighted by Gasteiger charge is 2.29. The Morgan fingerprint density at radius 1 is 1.07 bits per heavy atom. The van der Waals surface area contributed by atoms with Crippen molar-refractivity contribution in [2.45, 2.75) is 45.1 Å². The van der Waals surface area contributed by atoms with E-state index < -0.39 is 5.60 Å². The second kappa shape index (κ2) is 8.50. The van der Waals surface area contributed by atoms with Crippen molar-refractivity contribution in [3.05, 3.63) is 48.2 Å². The lowest BCUT2D eigenvalue weighted by Gasteiger charge is -2.33. The number of methoxy groups -OCH3 is 1. The lowest BCUT2D eigenvalue weighted by Crippen LogP contribution is -2.41. The molecule has 1 aromatic carbocycles. The molecule has 0 aliphatic carbocycles. The number of benzene rings is 1. The summed E-state index contributed by atoms with van der Waals surface area (Å²) in [6.45, 7) is 6.96. The number of aromatic nitrogens is 1. The number of carbonyl (C=O) groups is 1. The first-order valence-corrected chi connectivity index (χ1v) is 9.61. The molecular weight excluding hydrogens is 356 g/mol. The average molecular weight is 384 g/mol. The highest BCUT2D eigenvalue weighted by molar-refractivity contribution is 5.68. The number of carbonyl (C=O) groups excluding carboxylic acids is 1. The third-order valence-corrected chi connectivity index (χ3v) is 4.66. The van der Waals surface area contributed by atoms with Gasteiger partial charge < -0.3 is 19.1 Å². The van der Waals surface area contributed by atoms with E-state index in [2.05, 4.69) is 4.98 Å². The van der Waals surface area contributed by atoms with Gasteiger partial charge in [-0.15, -0.1) is 0 Å². The maximum Gasteiger partial charge on any atom is 0.410 e. The Kier molecular flexibility index (Phi) is 6.07. The topological polar surface area (TPSA) is 60.9 Å². The van der Waals surface area contributed by atoms with E-state index in [-0.39, 0.29) is 12.0 Å². The molecule has 28 heavy (non-hydrogen) atoms. The van der Waals surface area contributed by atoms with Gasteiger partial charge in [-0.2, -0.15) is 0 Å². The van der Waals surface area contributed by atoms with Crippen LogP contribution >= 0.6 is 0 Å². The van der Waals surface area contributed by atoms with E-state index in [0.717, 1.165) is 18.4 Å². The predicted molar refractivity (Wildman–Crippen MR) is 107 cm³/mol. The fraction of sp³-hybridized carbons (Fsp3) is 0.455. The smallest absolute Gasteiger partial charge is 0.410 e. The summed E-state index contributed by atoms with van der Waals surface area (Å²) in [6, 6.07) is 11.5. The fourth-order valence-electron chi connectivity index (χ4n) is 3.31. The summed E-state index contributed by atoms with van der Waals surface area (Å²) in [5.41, 5.74) is 0.574. The van der Waals surface area contributed by atoms with Gasteiger partial charge in [0.05, 0.1) is 7.11 Å². The molecular formula is C22H28N2O4. The summed E-state index contributed by atoms with van der Waals surface area (Å²) in [6.07, 6.45) is 3.16. The Bertz CT molecular complexity index is 808. The molecule has 2 aromatic rings. The Morgan fingerprint density at radius 2 is 1.75 bits per heavy atom. The van der Waals surface area contributed by atoms with Gasteiger partial charge in [-0.1, -0.05) is 18.2 Å². The monoisotopic (exact) mass is 384 g/mol. The van der Waals surface area contributed by atoms with Crippen molar-refractivity contribution in [1.29, 1.82) is 0 Å². The van der Waals surface area contributed by atoms with Crippen molar-refractivity contribution in [1.82, 2.24) is 9.88 Å². The summed E-state index contributed by atoms with van der Waals surface area (Å²) in [7, 11) is 1.62. The number of amides is 1. The fourth-order valence-corrected chi connectivity index (χ4v) is 3.31. The molecule has 0 unspecified atom stereocenters. The number of hydrogen-bond acceptors (Lipinski definition) is 5. The van der Waals surface area contributed by atoms with Crippen LogP contribution in [0.1, 0.15) is 45.1 Å². The van der Waals surface area contributed by atoms with Gasteiger partial charge in [0.1, 0.15) is 5.60 Å². The third kappa shape index (κ3) is 4.94. The van der Waals surface area contributed by atoms with Gasteiger partial charge in [-0.3, -0.25) is 0 Å². The molecule has 1 aliphatic rings. The van der Waals surface area contributed by atoms with Crippen molar-refractivity contribution in [3.8, 4) is 17.4 Å². The van der Waals surface area contributed by atoms with Gasteiger partial charge in [0.2, 0.25) is 5.88 Å². The van der Waals surface area contributed by atoms with Crippen LogP contribution in [0.3, 0.4) is 0 Å². The summed E-state index contributed by atoms with van der Waals surface area (Å²) in [5.74, 6) is 2.16. The van der Waals surface area contributed by atoms with Crippen LogP contribution in [0.5, 0.6) is 17.4 Å². The van der Waals surface area contributed by atoms with Gasteiger partial charge in [-0.25, -0.2) is 9.78 Å². The zero-order valence-corrected chi connectivity index (χ0v) is 17.0. The normalized spacial score (nSPS) is 15.2. The van der Waals surface area contributed by atoms with Crippen LogP contribution in [0.4, 0.5) is 4.79 Å². The first-order chi connectivity index (χ1) is 13.4. The number of para-hydroxylation sites is 2. The Hall–Kier alpha value is -2.76. The predicted octanol–water partition coefficient (Wildman–Crippen LogP) is 5.00. The van der Waals surface area contributed by atoms with E-state index >= 15 is 0 Å². The number of rotatable bonds is 4. The largest absolute Gasteiger partial charge is 0.493 e. The lowest BCUT2D eigenvalue weighted by atomic mass is 9.90. The molecule has 150 valence electrons.